The van der Waals surface area contributed by atoms with E-state index in [1.165, 1.54) is 0 Å². The molecule has 2 aromatic heterocycles. The minimum atomic E-state index is -0.702. The highest BCUT2D eigenvalue weighted by Crippen LogP contribution is 2.29. The van der Waals surface area contributed by atoms with Gasteiger partial charge in [-0.25, -0.2) is 9.97 Å². The smallest absolute Gasteiger partial charge is 0.272 e. The predicted molar refractivity (Wildman–Crippen MR) is 126 cm³/mol. The quantitative estimate of drug-likeness (QED) is 0.622. The Labute approximate surface area is 193 Å². The van der Waals surface area contributed by atoms with Crippen molar-refractivity contribution in [1.29, 1.82) is 0 Å². The van der Waals surface area contributed by atoms with Crippen LogP contribution >= 0.6 is 0 Å². The number of fused-ring (bicyclic) bond motifs is 1. The maximum absolute atomic E-state index is 13.5. The monoisotopic (exact) mass is 447 g/mol. The second-order valence-electron chi connectivity index (χ2n) is 9.12. The van der Waals surface area contributed by atoms with Gasteiger partial charge in [0.15, 0.2) is 5.69 Å². The highest BCUT2D eigenvalue weighted by atomic mass is 16.2. The predicted octanol–water partition coefficient (Wildman–Crippen LogP) is 2.25. The molecular formula is C24H29N7O2. The number of carbonyl (C=O) groups is 2. The zero-order valence-electron chi connectivity index (χ0n) is 19.4. The topological polar surface area (TPSA) is 105 Å². The Morgan fingerprint density at radius 1 is 1.09 bits per heavy atom. The van der Waals surface area contributed by atoms with Crippen LogP contribution in [0.4, 0.5) is 5.82 Å². The molecule has 3 aromatic rings. The summed E-state index contributed by atoms with van der Waals surface area (Å²) in [6.07, 6.45) is 5.00. The molecule has 1 unspecified atom stereocenters. The van der Waals surface area contributed by atoms with E-state index in [0.717, 1.165) is 22.9 Å². The van der Waals surface area contributed by atoms with Crippen molar-refractivity contribution in [3.63, 3.8) is 0 Å². The number of benzene rings is 1. The minimum absolute atomic E-state index is 0.242. The van der Waals surface area contributed by atoms with Gasteiger partial charge in [-0.15, -0.1) is 0 Å². The fraction of sp³-hybridized carbons (Fsp3) is 0.375. The van der Waals surface area contributed by atoms with Crippen molar-refractivity contribution in [3.05, 3.63) is 60.3 Å². The Bertz CT molecular complexity index is 1140. The standard InChI is InChI=1S/C24H29N7O2/c1-24(2,3)20(23(33)25-4)29-22(32)19-17-15-30(18-14-26-10-11-27-18)12-13-31(17)21(28-19)16-8-6-5-7-9-16/h5-11,14,20H,12-13,15H2,1-4H3,(H,25,33)(H,29,32). The van der Waals surface area contributed by atoms with Gasteiger partial charge in [-0.2, -0.15) is 0 Å². The average Bonchev–Trinajstić information content (AvgIpc) is 3.21. The number of hydrogen-bond donors (Lipinski definition) is 2. The van der Waals surface area contributed by atoms with Crippen molar-refractivity contribution in [2.75, 3.05) is 18.5 Å². The van der Waals surface area contributed by atoms with E-state index >= 15 is 0 Å². The number of amides is 2. The summed E-state index contributed by atoms with van der Waals surface area (Å²) >= 11 is 0. The molecular weight excluding hydrogens is 418 g/mol. The summed E-state index contributed by atoms with van der Waals surface area (Å²) in [6.45, 7) is 7.57. The molecule has 0 spiro atoms. The van der Waals surface area contributed by atoms with E-state index in [1.807, 2.05) is 51.1 Å². The molecule has 9 heteroatoms. The van der Waals surface area contributed by atoms with Crippen LogP contribution in [-0.4, -0.2) is 51.0 Å². The maximum Gasteiger partial charge on any atom is 0.272 e. The molecule has 0 bridgehead atoms. The molecule has 0 saturated heterocycles. The number of rotatable bonds is 5. The van der Waals surface area contributed by atoms with Gasteiger partial charge in [0.1, 0.15) is 17.7 Å². The molecule has 172 valence electrons. The van der Waals surface area contributed by atoms with Gasteiger partial charge in [0.2, 0.25) is 5.91 Å². The normalized spacial score (nSPS) is 14.4. The molecule has 2 N–H and O–H groups in total. The lowest BCUT2D eigenvalue weighted by Crippen LogP contribution is -2.53. The number of anilines is 1. The molecule has 9 nitrogen and oxygen atoms in total. The van der Waals surface area contributed by atoms with Crippen molar-refractivity contribution in [2.45, 2.75) is 39.9 Å². The highest BCUT2D eigenvalue weighted by molar-refractivity contribution is 5.98. The summed E-state index contributed by atoms with van der Waals surface area (Å²) in [4.78, 5) is 41.4. The van der Waals surface area contributed by atoms with Gasteiger partial charge in [0.25, 0.3) is 5.91 Å². The molecule has 1 aromatic carbocycles. The SMILES string of the molecule is CNC(=O)C(NC(=O)c1nc(-c2ccccc2)n2c1CN(c1cnccn1)CC2)C(C)(C)C. The van der Waals surface area contributed by atoms with Crippen LogP contribution in [0.5, 0.6) is 0 Å². The molecule has 1 aliphatic rings. The molecule has 4 rings (SSSR count). The number of aromatic nitrogens is 4. The number of nitrogens with one attached hydrogen (secondary N) is 2. The lowest BCUT2D eigenvalue weighted by atomic mass is 9.86. The first-order chi connectivity index (χ1) is 15.8. The van der Waals surface area contributed by atoms with E-state index in [2.05, 4.69) is 30.1 Å². The van der Waals surface area contributed by atoms with Gasteiger partial charge >= 0.3 is 0 Å². The number of carbonyl (C=O) groups excluding carboxylic acids is 2. The van der Waals surface area contributed by atoms with Crippen LogP contribution in [-0.2, 0) is 17.9 Å². The molecule has 0 radical (unpaired) electrons. The summed E-state index contributed by atoms with van der Waals surface area (Å²) < 4.78 is 2.09. The summed E-state index contributed by atoms with van der Waals surface area (Å²) in [5, 5.41) is 5.57. The van der Waals surface area contributed by atoms with Crippen molar-refractivity contribution in [1.82, 2.24) is 30.2 Å². The lowest BCUT2D eigenvalue weighted by molar-refractivity contribution is -0.124. The van der Waals surface area contributed by atoms with E-state index in [1.54, 1.807) is 25.6 Å². The molecule has 2 amide bonds. The minimum Gasteiger partial charge on any atom is -0.357 e. The lowest BCUT2D eigenvalue weighted by Gasteiger charge is -2.31. The fourth-order valence-electron chi connectivity index (χ4n) is 4.03. The highest BCUT2D eigenvalue weighted by Gasteiger charge is 2.35. The molecule has 0 saturated carbocycles. The molecule has 0 fully saturated rings. The summed E-state index contributed by atoms with van der Waals surface area (Å²) in [7, 11) is 1.57. The van der Waals surface area contributed by atoms with Crippen LogP contribution in [0.25, 0.3) is 11.4 Å². The fourth-order valence-corrected chi connectivity index (χ4v) is 4.03. The first kappa shape index (κ1) is 22.4. The van der Waals surface area contributed by atoms with Crippen LogP contribution in [0.15, 0.2) is 48.9 Å². The molecule has 1 atom stereocenters. The Balaban J connectivity index is 1.74. The maximum atomic E-state index is 13.5. The van der Waals surface area contributed by atoms with E-state index in [0.29, 0.717) is 25.3 Å². The summed E-state index contributed by atoms with van der Waals surface area (Å²) in [5.41, 5.74) is 1.57. The van der Waals surface area contributed by atoms with Crippen LogP contribution in [0, 0.1) is 5.41 Å². The third-order valence-corrected chi connectivity index (χ3v) is 5.78. The summed E-state index contributed by atoms with van der Waals surface area (Å²) in [5.74, 6) is 0.871. The number of likely N-dealkylation sites (N-methyl/N-ethyl adjacent to an activating group) is 1. The van der Waals surface area contributed by atoms with E-state index in [4.69, 9.17) is 4.98 Å². The largest absolute Gasteiger partial charge is 0.357 e. The Kier molecular flexibility index (Phi) is 6.13. The van der Waals surface area contributed by atoms with Crippen LogP contribution < -0.4 is 15.5 Å². The zero-order valence-corrected chi connectivity index (χ0v) is 19.4. The molecule has 3 heterocycles. The number of nitrogens with zero attached hydrogens (tertiary/aromatic N) is 5. The van der Waals surface area contributed by atoms with Crippen molar-refractivity contribution < 1.29 is 9.59 Å². The van der Waals surface area contributed by atoms with Crippen LogP contribution in [0.2, 0.25) is 0 Å². The Morgan fingerprint density at radius 3 is 2.48 bits per heavy atom. The van der Waals surface area contributed by atoms with E-state index < -0.39 is 11.5 Å². The Hall–Kier alpha value is -3.75. The second-order valence-corrected chi connectivity index (χ2v) is 9.12. The third kappa shape index (κ3) is 4.57. The van der Waals surface area contributed by atoms with Crippen LogP contribution in [0.1, 0.15) is 37.0 Å². The van der Waals surface area contributed by atoms with Crippen LogP contribution in [0.3, 0.4) is 0 Å². The van der Waals surface area contributed by atoms with Crippen molar-refractivity contribution in [2.24, 2.45) is 5.41 Å². The first-order valence-electron chi connectivity index (χ1n) is 11.0. The summed E-state index contributed by atoms with van der Waals surface area (Å²) in [6, 6.07) is 9.11. The van der Waals surface area contributed by atoms with Gasteiger partial charge in [-0.05, 0) is 5.41 Å². The van der Waals surface area contributed by atoms with E-state index in [-0.39, 0.29) is 11.8 Å². The zero-order chi connectivity index (χ0) is 23.6. The second kappa shape index (κ2) is 9.01. The molecule has 33 heavy (non-hydrogen) atoms. The first-order valence-corrected chi connectivity index (χ1v) is 11.0. The molecule has 0 aliphatic carbocycles. The van der Waals surface area contributed by atoms with Gasteiger partial charge in [0.05, 0.1) is 18.4 Å². The van der Waals surface area contributed by atoms with Gasteiger partial charge in [-0.1, -0.05) is 51.1 Å². The van der Waals surface area contributed by atoms with Gasteiger partial charge < -0.3 is 20.1 Å². The van der Waals surface area contributed by atoms with Gasteiger partial charge in [-0.3, -0.25) is 14.6 Å². The number of imidazole rings is 1. The van der Waals surface area contributed by atoms with Crippen molar-refractivity contribution in [3.8, 4) is 11.4 Å². The number of hydrogen-bond acceptors (Lipinski definition) is 6. The molecule has 1 aliphatic heterocycles. The van der Waals surface area contributed by atoms with Crippen molar-refractivity contribution >= 4 is 17.6 Å². The Morgan fingerprint density at radius 2 is 1.85 bits per heavy atom. The van der Waals surface area contributed by atoms with E-state index in [9.17, 15) is 9.59 Å². The average molecular weight is 448 g/mol. The third-order valence-electron chi connectivity index (χ3n) is 5.78. The van der Waals surface area contributed by atoms with Gasteiger partial charge in [0, 0.05) is 38.1 Å².